The van der Waals surface area contributed by atoms with Crippen LogP contribution in [0.3, 0.4) is 0 Å². The zero-order chi connectivity index (χ0) is 14.5. The van der Waals surface area contributed by atoms with Crippen LogP contribution in [0.25, 0.3) is 0 Å². The quantitative estimate of drug-likeness (QED) is 0.504. The molecule has 1 unspecified atom stereocenters. The molecular formula is C12H20N4O2S. The van der Waals surface area contributed by atoms with E-state index in [4.69, 9.17) is 11.1 Å². The van der Waals surface area contributed by atoms with Crippen LogP contribution in [0.5, 0.6) is 0 Å². The van der Waals surface area contributed by atoms with Crippen molar-refractivity contribution in [2.45, 2.75) is 32.2 Å². The number of amidine groups is 1. The number of nitrogens with two attached hydrogens (primary N) is 1. The lowest BCUT2D eigenvalue weighted by atomic mass is 10.00. The van der Waals surface area contributed by atoms with Gasteiger partial charge in [-0.3, -0.25) is 10.4 Å². The highest BCUT2D eigenvalue weighted by Gasteiger charge is 2.30. The highest BCUT2D eigenvalue weighted by molar-refractivity contribution is 7.89. The molecule has 1 aromatic heterocycles. The molecule has 0 amide bonds. The topological polar surface area (TPSA) is 109 Å². The predicted octanol–water partition coefficient (Wildman–Crippen LogP) is 0.648. The van der Waals surface area contributed by atoms with E-state index in [1.165, 1.54) is 0 Å². The summed E-state index contributed by atoms with van der Waals surface area (Å²) in [6, 6.07) is 3.55. The maximum Gasteiger partial charge on any atom is 0.212 e. The summed E-state index contributed by atoms with van der Waals surface area (Å²) < 4.78 is 26.5. The fraction of sp³-hybridized carbons (Fsp3) is 0.500. The smallest absolute Gasteiger partial charge is 0.212 e. The predicted molar refractivity (Wildman–Crippen MR) is 75.5 cm³/mol. The first kappa shape index (κ1) is 15.6. The molecule has 0 aromatic carbocycles. The third-order valence-corrected chi connectivity index (χ3v) is 4.59. The average Bonchev–Trinajstić information content (AvgIpc) is 2.37. The minimum atomic E-state index is -3.49. The van der Waals surface area contributed by atoms with E-state index in [9.17, 15) is 8.42 Å². The van der Waals surface area contributed by atoms with Gasteiger partial charge in [0.15, 0.2) is 0 Å². The number of aryl methyl sites for hydroxylation is 1. The summed E-state index contributed by atoms with van der Waals surface area (Å²) in [6.07, 6.45) is 4.08. The van der Waals surface area contributed by atoms with Crippen LogP contribution in [-0.4, -0.2) is 30.5 Å². The number of aromatic nitrogens is 1. The molecule has 0 radical (unpaired) electrons. The van der Waals surface area contributed by atoms with Crippen molar-refractivity contribution in [3.05, 3.63) is 30.1 Å². The first-order valence-electron chi connectivity index (χ1n) is 6.04. The molecule has 0 spiro atoms. The number of nitrogens with zero attached hydrogens (tertiary/aromatic N) is 1. The Balaban J connectivity index is 2.69. The molecule has 0 saturated heterocycles. The second-order valence-electron chi connectivity index (χ2n) is 4.63. The monoisotopic (exact) mass is 284 g/mol. The van der Waals surface area contributed by atoms with Crippen molar-refractivity contribution in [3.8, 4) is 0 Å². The van der Waals surface area contributed by atoms with Crippen molar-refractivity contribution in [2.75, 3.05) is 5.75 Å². The third kappa shape index (κ3) is 4.60. The van der Waals surface area contributed by atoms with Crippen molar-refractivity contribution in [1.29, 1.82) is 5.41 Å². The van der Waals surface area contributed by atoms with Gasteiger partial charge in [0.1, 0.15) is 5.84 Å². The summed E-state index contributed by atoms with van der Waals surface area (Å²) in [7, 11) is -3.49. The van der Waals surface area contributed by atoms with E-state index in [1.54, 1.807) is 38.4 Å². The standard InChI is InChI=1S/C12H20N4O2S/c1-3-12(2,11(13)14)16-19(17,18)9-6-10-4-7-15-8-5-10/h4-5,7-8,16H,3,6,9H2,1-2H3,(H3,13,14). The van der Waals surface area contributed by atoms with Crippen LogP contribution in [0.2, 0.25) is 0 Å². The van der Waals surface area contributed by atoms with Crippen LogP contribution in [-0.2, 0) is 16.4 Å². The minimum Gasteiger partial charge on any atom is -0.386 e. The van der Waals surface area contributed by atoms with Crippen LogP contribution in [0.1, 0.15) is 25.8 Å². The van der Waals surface area contributed by atoms with Crippen LogP contribution in [0.15, 0.2) is 24.5 Å². The minimum absolute atomic E-state index is 0.0418. The molecule has 19 heavy (non-hydrogen) atoms. The highest BCUT2D eigenvalue weighted by Crippen LogP contribution is 2.11. The maximum atomic E-state index is 12.0. The van der Waals surface area contributed by atoms with E-state index in [0.29, 0.717) is 12.8 Å². The Kier molecular flexibility index (Phi) is 5.02. The molecule has 106 valence electrons. The second-order valence-corrected chi connectivity index (χ2v) is 6.47. The molecule has 1 heterocycles. The van der Waals surface area contributed by atoms with Crippen LogP contribution >= 0.6 is 0 Å². The summed E-state index contributed by atoms with van der Waals surface area (Å²) >= 11 is 0. The van der Waals surface area contributed by atoms with Gasteiger partial charge in [0.2, 0.25) is 10.0 Å². The number of pyridine rings is 1. The van der Waals surface area contributed by atoms with Gasteiger partial charge in [-0.25, -0.2) is 13.1 Å². The van der Waals surface area contributed by atoms with Crippen LogP contribution < -0.4 is 10.5 Å². The molecule has 4 N–H and O–H groups in total. The summed E-state index contributed by atoms with van der Waals surface area (Å²) in [5.41, 5.74) is 5.33. The van der Waals surface area contributed by atoms with E-state index in [-0.39, 0.29) is 11.6 Å². The highest BCUT2D eigenvalue weighted by atomic mass is 32.2. The molecule has 0 aliphatic heterocycles. The van der Waals surface area contributed by atoms with Crippen molar-refractivity contribution in [3.63, 3.8) is 0 Å². The van der Waals surface area contributed by atoms with Crippen molar-refractivity contribution >= 4 is 15.9 Å². The maximum absolute atomic E-state index is 12.0. The normalized spacial score (nSPS) is 14.8. The van der Waals surface area contributed by atoms with Gasteiger partial charge in [0.25, 0.3) is 0 Å². The average molecular weight is 284 g/mol. The van der Waals surface area contributed by atoms with Gasteiger partial charge in [-0.15, -0.1) is 0 Å². The fourth-order valence-corrected chi connectivity index (χ4v) is 3.06. The number of hydrogen-bond donors (Lipinski definition) is 3. The van der Waals surface area contributed by atoms with Crippen LogP contribution in [0.4, 0.5) is 0 Å². The molecule has 0 fully saturated rings. The molecular weight excluding hydrogens is 264 g/mol. The first-order valence-corrected chi connectivity index (χ1v) is 7.69. The zero-order valence-electron chi connectivity index (χ0n) is 11.2. The van der Waals surface area contributed by atoms with Gasteiger partial charge < -0.3 is 5.73 Å². The van der Waals surface area contributed by atoms with Crippen LogP contribution in [0, 0.1) is 5.41 Å². The molecule has 0 bridgehead atoms. The summed E-state index contributed by atoms with van der Waals surface area (Å²) in [4.78, 5) is 3.88. The molecule has 1 atom stereocenters. The molecule has 0 saturated carbocycles. The summed E-state index contributed by atoms with van der Waals surface area (Å²) in [5, 5.41) is 7.47. The first-order chi connectivity index (χ1) is 8.79. The fourth-order valence-electron chi connectivity index (χ4n) is 1.51. The Hall–Kier alpha value is -1.47. The lowest BCUT2D eigenvalue weighted by Crippen LogP contribution is -2.55. The Labute approximate surface area is 114 Å². The van der Waals surface area contributed by atoms with Gasteiger partial charge in [-0.1, -0.05) is 6.92 Å². The SMILES string of the molecule is CCC(C)(NS(=O)(=O)CCc1ccncc1)C(=N)N. The van der Waals surface area contributed by atoms with Gasteiger partial charge in [-0.05, 0) is 37.5 Å². The van der Waals surface area contributed by atoms with Crippen molar-refractivity contribution in [2.24, 2.45) is 5.73 Å². The third-order valence-electron chi connectivity index (χ3n) is 3.09. The van der Waals surface area contributed by atoms with E-state index in [0.717, 1.165) is 5.56 Å². The summed E-state index contributed by atoms with van der Waals surface area (Å²) in [5.74, 6) is -0.220. The number of rotatable bonds is 7. The zero-order valence-corrected chi connectivity index (χ0v) is 12.0. The van der Waals surface area contributed by atoms with Gasteiger partial charge >= 0.3 is 0 Å². The molecule has 1 aromatic rings. The largest absolute Gasteiger partial charge is 0.386 e. The molecule has 0 aliphatic carbocycles. The van der Waals surface area contributed by atoms with Gasteiger partial charge in [0, 0.05) is 12.4 Å². The second kappa shape index (κ2) is 6.12. The van der Waals surface area contributed by atoms with E-state index in [2.05, 4.69) is 9.71 Å². The number of hydrogen-bond acceptors (Lipinski definition) is 4. The van der Waals surface area contributed by atoms with Crippen molar-refractivity contribution < 1.29 is 8.42 Å². The Bertz CT molecular complexity index is 530. The lowest BCUT2D eigenvalue weighted by molar-refractivity contribution is 0.505. The molecule has 7 heteroatoms. The van der Waals surface area contributed by atoms with Crippen molar-refractivity contribution in [1.82, 2.24) is 9.71 Å². The Morgan fingerprint density at radius 1 is 1.47 bits per heavy atom. The van der Waals surface area contributed by atoms with Gasteiger partial charge in [-0.2, -0.15) is 0 Å². The molecule has 6 nitrogen and oxygen atoms in total. The van der Waals surface area contributed by atoms with Gasteiger partial charge in [0.05, 0.1) is 11.3 Å². The van der Waals surface area contributed by atoms with E-state index in [1.807, 2.05) is 0 Å². The molecule has 1 rings (SSSR count). The Morgan fingerprint density at radius 3 is 2.53 bits per heavy atom. The van der Waals surface area contributed by atoms with E-state index < -0.39 is 15.6 Å². The molecule has 0 aliphatic rings. The number of nitrogens with one attached hydrogen (secondary N) is 2. The lowest BCUT2D eigenvalue weighted by Gasteiger charge is -2.27. The Morgan fingerprint density at radius 2 is 2.05 bits per heavy atom. The number of sulfonamides is 1. The summed E-state index contributed by atoms with van der Waals surface area (Å²) in [6.45, 7) is 3.39. The van der Waals surface area contributed by atoms with E-state index >= 15 is 0 Å².